The Labute approximate surface area is 199 Å². The van der Waals surface area contributed by atoms with Gasteiger partial charge in [-0.2, -0.15) is 0 Å². The monoisotopic (exact) mass is 466 g/mol. The predicted molar refractivity (Wildman–Crippen MR) is 135 cm³/mol. The first-order valence-electron chi connectivity index (χ1n) is 10.4. The van der Waals surface area contributed by atoms with Crippen LogP contribution in [0.3, 0.4) is 0 Å². The largest absolute Gasteiger partial charge is 0.493 e. The van der Waals surface area contributed by atoms with E-state index in [4.69, 9.17) is 9.47 Å². The van der Waals surface area contributed by atoms with Crippen molar-refractivity contribution in [3.8, 4) is 11.5 Å². The predicted octanol–water partition coefficient (Wildman–Crippen LogP) is 6.15. The minimum Gasteiger partial charge on any atom is -0.493 e. The van der Waals surface area contributed by atoms with Gasteiger partial charge in [0, 0.05) is 39.5 Å². The summed E-state index contributed by atoms with van der Waals surface area (Å²) in [5.74, 6) is 1.71. The van der Waals surface area contributed by atoms with Gasteiger partial charge in [-0.25, -0.2) is 0 Å². The summed E-state index contributed by atoms with van der Waals surface area (Å²) in [6.45, 7) is 0.813. The lowest BCUT2D eigenvalue weighted by molar-refractivity contribution is 0.349. The SMILES string of the molecule is COc1cccc(C2CNC(c3ccc(SC)cc3)c3[nH]c4ccccc4c32)c1OC.Cl. The zero-order valence-electron chi connectivity index (χ0n) is 18.3. The summed E-state index contributed by atoms with van der Waals surface area (Å²) in [6.07, 6.45) is 2.11. The maximum Gasteiger partial charge on any atom is 0.164 e. The average Bonchev–Trinajstić information content (AvgIpc) is 3.23. The molecule has 0 saturated carbocycles. The second-order valence-corrected chi connectivity index (χ2v) is 8.63. The van der Waals surface area contributed by atoms with Gasteiger partial charge in [0.1, 0.15) is 0 Å². The molecule has 2 N–H and O–H groups in total. The van der Waals surface area contributed by atoms with Gasteiger partial charge < -0.3 is 19.8 Å². The summed E-state index contributed by atoms with van der Waals surface area (Å²) in [5, 5.41) is 5.06. The van der Waals surface area contributed by atoms with E-state index in [2.05, 4.69) is 71.2 Å². The van der Waals surface area contributed by atoms with Gasteiger partial charge in [0.05, 0.1) is 20.3 Å². The Morgan fingerprint density at radius 3 is 2.41 bits per heavy atom. The van der Waals surface area contributed by atoms with Crippen LogP contribution in [0, 0.1) is 0 Å². The number of ether oxygens (including phenoxy) is 2. The van der Waals surface area contributed by atoms with Gasteiger partial charge in [-0.15, -0.1) is 24.2 Å². The maximum atomic E-state index is 5.80. The van der Waals surface area contributed by atoms with Crippen LogP contribution in [0.1, 0.15) is 34.3 Å². The number of fused-ring (bicyclic) bond motifs is 3. The van der Waals surface area contributed by atoms with Crippen LogP contribution in [0.2, 0.25) is 0 Å². The van der Waals surface area contributed by atoms with E-state index >= 15 is 0 Å². The first kappa shape index (κ1) is 22.6. The first-order chi connectivity index (χ1) is 15.2. The third kappa shape index (κ3) is 3.75. The Morgan fingerprint density at radius 2 is 1.69 bits per heavy atom. The van der Waals surface area contributed by atoms with E-state index < -0.39 is 0 Å². The molecule has 2 heterocycles. The molecule has 4 aromatic rings. The third-order valence-electron chi connectivity index (χ3n) is 6.20. The number of thioether (sulfide) groups is 1. The molecule has 0 spiro atoms. The zero-order chi connectivity index (χ0) is 21.4. The molecule has 1 aromatic heterocycles. The van der Waals surface area contributed by atoms with Crippen molar-refractivity contribution in [3.05, 3.63) is 89.1 Å². The van der Waals surface area contributed by atoms with E-state index in [-0.39, 0.29) is 24.4 Å². The van der Waals surface area contributed by atoms with Crippen LogP contribution in [0.4, 0.5) is 0 Å². The number of benzene rings is 3. The summed E-state index contributed by atoms with van der Waals surface area (Å²) in [6, 6.07) is 23.7. The minimum atomic E-state index is 0. The van der Waals surface area contributed by atoms with Crippen LogP contribution in [-0.2, 0) is 0 Å². The Balaban J connectivity index is 0.00000245. The van der Waals surface area contributed by atoms with Crippen molar-refractivity contribution in [3.63, 3.8) is 0 Å². The molecular formula is C26H27ClN2O2S. The first-order valence-corrected chi connectivity index (χ1v) is 11.7. The highest BCUT2D eigenvalue weighted by Crippen LogP contribution is 2.45. The molecule has 1 aliphatic rings. The number of hydrogen-bond donors (Lipinski definition) is 2. The number of hydrogen-bond acceptors (Lipinski definition) is 4. The lowest BCUT2D eigenvalue weighted by Gasteiger charge is -2.32. The lowest BCUT2D eigenvalue weighted by Crippen LogP contribution is -2.34. The van der Waals surface area contributed by atoms with Crippen molar-refractivity contribution in [1.82, 2.24) is 10.3 Å². The Kier molecular flexibility index (Phi) is 6.70. The molecule has 0 amide bonds. The van der Waals surface area contributed by atoms with Crippen LogP contribution in [0.25, 0.3) is 10.9 Å². The summed E-state index contributed by atoms with van der Waals surface area (Å²) < 4.78 is 11.4. The molecule has 4 nitrogen and oxygen atoms in total. The van der Waals surface area contributed by atoms with E-state index in [1.165, 1.54) is 27.1 Å². The molecule has 5 rings (SSSR count). The average molecular weight is 467 g/mol. The maximum absolute atomic E-state index is 5.80. The molecule has 3 aromatic carbocycles. The summed E-state index contributed by atoms with van der Waals surface area (Å²) in [5.41, 5.74) is 6.12. The molecule has 0 aliphatic carbocycles. The number of nitrogens with one attached hydrogen (secondary N) is 2. The lowest BCUT2D eigenvalue weighted by atomic mass is 9.82. The van der Waals surface area contributed by atoms with Crippen LogP contribution < -0.4 is 14.8 Å². The van der Waals surface area contributed by atoms with Gasteiger partial charge in [-0.1, -0.05) is 42.5 Å². The fraction of sp³-hybridized carbons (Fsp3) is 0.231. The minimum absolute atomic E-state index is 0. The smallest absolute Gasteiger partial charge is 0.164 e. The quantitative estimate of drug-likeness (QED) is 0.346. The van der Waals surface area contributed by atoms with Gasteiger partial charge >= 0.3 is 0 Å². The van der Waals surface area contributed by atoms with E-state index in [1.54, 1.807) is 26.0 Å². The number of aromatic nitrogens is 1. The molecule has 0 fully saturated rings. The highest BCUT2D eigenvalue weighted by Gasteiger charge is 2.34. The second kappa shape index (κ2) is 9.49. The standard InChI is InChI=1S/C26H26N2O2S.ClH/c1-29-22-10-6-8-18(26(22)30-2)20-15-27-24(16-11-13-17(31-3)14-12-16)25-23(20)19-7-4-5-9-21(19)28-25;/h4-14,20,24,27-28H,15H2,1-3H3;1H. The number of halogens is 1. The Bertz CT molecular complexity index is 1220. The molecule has 6 heteroatoms. The van der Waals surface area contributed by atoms with Crippen LogP contribution in [-0.4, -0.2) is 32.0 Å². The molecule has 32 heavy (non-hydrogen) atoms. The van der Waals surface area contributed by atoms with Crippen molar-refractivity contribution < 1.29 is 9.47 Å². The molecular weight excluding hydrogens is 440 g/mol. The van der Waals surface area contributed by atoms with Gasteiger partial charge in [-0.3, -0.25) is 0 Å². The number of aromatic amines is 1. The van der Waals surface area contributed by atoms with Crippen molar-refractivity contribution in [2.75, 3.05) is 27.0 Å². The molecule has 2 unspecified atom stereocenters. The van der Waals surface area contributed by atoms with Gasteiger partial charge in [0.25, 0.3) is 0 Å². The number of H-pyrrole nitrogens is 1. The van der Waals surface area contributed by atoms with Gasteiger partial charge in [0.2, 0.25) is 0 Å². The molecule has 166 valence electrons. The molecule has 2 atom stereocenters. The molecule has 0 bridgehead atoms. The van der Waals surface area contributed by atoms with Crippen molar-refractivity contribution in [1.29, 1.82) is 0 Å². The van der Waals surface area contributed by atoms with Crippen LogP contribution >= 0.6 is 24.2 Å². The van der Waals surface area contributed by atoms with E-state index in [0.29, 0.717) is 0 Å². The number of rotatable bonds is 5. The normalized spacial score (nSPS) is 17.5. The number of methoxy groups -OCH3 is 2. The van der Waals surface area contributed by atoms with Crippen molar-refractivity contribution in [2.45, 2.75) is 16.9 Å². The van der Waals surface area contributed by atoms with E-state index in [9.17, 15) is 0 Å². The van der Waals surface area contributed by atoms with Gasteiger partial charge in [-0.05, 0) is 41.6 Å². The van der Waals surface area contributed by atoms with Crippen LogP contribution in [0.5, 0.6) is 11.5 Å². The topological polar surface area (TPSA) is 46.3 Å². The summed E-state index contributed by atoms with van der Waals surface area (Å²) in [4.78, 5) is 4.99. The van der Waals surface area contributed by atoms with Gasteiger partial charge in [0.15, 0.2) is 11.5 Å². The highest BCUT2D eigenvalue weighted by molar-refractivity contribution is 7.98. The molecule has 0 saturated heterocycles. The fourth-order valence-electron chi connectivity index (χ4n) is 4.76. The van der Waals surface area contributed by atoms with E-state index in [1.807, 2.05) is 12.1 Å². The van der Waals surface area contributed by atoms with Crippen molar-refractivity contribution >= 4 is 35.1 Å². The Hall–Kier alpha value is -2.60. The zero-order valence-corrected chi connectivity index (χ0v) is 20.0. The number of para-hydroxylation sites is 2. The third-order valence-corrected chi connectivity index (χ3v) is 6.94. The summed E-state index contributed by atoms with van der Waals surface area (Å²) in [7, 11) is 3.40. The second-order valence-electron chi connectivity index (χ2n) is 7.75. The molecule has 0 radical (unpaired) electrons. The van der Waals surface area contributed by atoms with Crippen LogP contribution in [0.15, 0.2) is 71.6 Å². The van der Waals surface area contributed by atoms with Crippen molar-refractivity contribution in [2.24, 2.45) is 0 Å². The Morgan fingerprint density at radius 1 is 0.906 bits per heavy atom. The highest BCUT2D eigenvalue weighted by atomic mass is 35.5. The summed E-state index contributed by atoms with van der Waals surface area (Å²) >= 11 is 1.76. The molecule has 1 aliphatic heterocycles. The fourth-order valence-corrected chi connectivity index (χ4v) is 5.17. The van der Waals surface area contributed by atoms with E-state index in [0.717, 1.165) is 29.1 Å².